The zero-order valence-electron chi connectivity index (χ0n) is 14.5. The number of anilines is 2. The van der Waals surface area contributed by atoms with Crippen LogP contribution in [0.25, 0.3) is 11.0 Å². The Hall–Kier alpha value is -2.80. The number of rotatable bonds is 6. The third kappa shape index (κ3) is 4.23. The van der Waals surface area contributed by atoms with Crippen molar-refractivity contribution >= 4 is 32.4 Å². The Labute approximate surface area is 151 Å². The summed E-state index contributed by atoms with van der Waals surface area (Å²) in [5, 5.41) is 3.65. The minimum Gasteiger partial charge on any atom is -0.423 e. The summed E-state index contributed by atoms with van der Waals surface area (Å²) in [5.74, 6) is 0. The van der Waals surface area contributed by atoms with Crippen LogP contribution in [0.2, 0.25) is 0 Å². The summed E-state index contributed by atoms with van der Waals surface area (Å²) in [7, 11) is -3.34. The van der Waals surface area contributed by atoms with Crippen LogP contribution >= 0.6 is 0 Å². The summed E-state index contributed by atoms with van der Waals surface area (Å²) >= 11 is 0. The Morgan fingerprint density at radius 2 is 1.65 bits per heavy atom. The number of benzene rings is 2. The number of fused-ring (bicyclic) bond motifs is 1. The molecule has 0 amide bonds. The summed E-state index contributed by atoms with van der Waals surface area (Å²) in [5.41, 5.74) is 2.63. The minimum atomic E-state index is -3.34. The molecule has 7 heteroatoms. The van der Waals surface area contributed by atoms with Crippen LogP contribution in [-0.4, -0.2) is 13.7 Å². The van der Waals surface area contributed by atoms with Crippen molar-refractivity contribution < 1.29 is 12.8 Å². The molecule has 1 aromatic heterocycles. The van der Waals surface area contributed by atoms with E-state index in [9.17, 15) is 13.2 Å². The highest BCUT2D eigenvalue weighted by atomic mass is 32.2. The zero-order valence-corrected chi connectivity index (χ0v) is 15.3. The molecule has 3 rings (SSSR count). The fourth-order valence-electron chi connectivity index (χ4n) is 2.36. The molecule has 0 radical (unpaired) electrons. The quantitative estimate of drug-likeness (QED) is 0.646. The van der Waals surface area contributed by atoms with E-state index in [4.69, 9.17) is 4.42 Å². The van der Waals surface area contributed by atoms with E-state index in [1.165, 1.54) is 6.07 Å². The fraction of sp³-hybridized carbons (Fsp3) is 0.211. The monoisotopic (exact) mass is 372 g/mol. The summed E-state index contributed by atoms with van der Waals surface area (Å²) in [4.78, 5) is 11.2. The van der Waals surface area contributed by atoms with Crippen LogP contribution in [0, 0.1) is 0 Å². The lowest BCUT2D eigenvalue weighted by molar-refractivity contribution is 0.561. The smallest absolute Gasteiger partial charge is 0.336 e. The molecule has 1 heterocycles. The molecule has 2 aromatic carbocycles. The second-order valence-corrected chi connectivity index (χ2v) is 8.49. The minimum absolute atomic E-state index is 0.369. The number of nitrogens with one attached hydrogen (secondary N) is 2. The average molecular weight is 372 g/mol. The summed E-state index contributed by atoms with van der Waals surface area (Å²) < 4.78 is 31.4. The predicted molar refractivity (Wildman–Crippen MR) is 104 cm³/mol. The van der Waals surface area contributed by atoms with E-state index in [0.717, 1.165) is 16.6 Å². The SMILES string of the molecule is CC(C)S(=O)(=O)Nc1ccc(CNc2ccc3oc(=O)ccc3c2)cc1. The van der Waals surface area contributed by atoms with Gasteiger partial charge in [-0.25, -0.2) is 13.2 Å². The molecule has 0 bridgehead atoms. The van der Waals surface area contributed by atoms with Gasteiger partial charge in [0.2, 0.25) is 10.0 Å². The molecular formula is C19H20N2O4S. The molecule has 2 N–H and O–H groups in total. The van der Waals surface area contributed by atoms with E-state index in [0.29, 0.717) is 17.8 Å². The van der Waals surface area contributed by atoms with Crippen LogP contribution in [-0.2, 0) is 16.6 Å². The molecule has 0 aliphatic rings. The van der Waals surface area contributed by atoms with Crippen LogP contribution in [0.4, 0.5) is 11.4 Å². The fourth-order valence-corrected chi connectivity index (χ4v) is 3.06. The molecule has 0 spiro atoms. The lowest BCUT2D eigenvalue weighted by Gasteiger charge is -2.12. The van der Waals surface area contributed by atoms with E-state index >= 15 is 0 Å². The van der Waals surface area contributed by atoms with Crippen molar-refractivity contribution in [2.45, 2.75) is 25.6 Å². The molecule has 136 valence electrons. The predicted octanol–water partition coefficient (Wildman–Crippen LogP) is 3.56. The lowest BCUT2D eigenvalue weighted by Crippen LogP contribution is -2.22. The summed E-state index contributed by atoms with van der Waals surface area (Å²) in [6, 6.07) is 15.8. The number of hydrogen-bond donors (Lipinski definition) is 2. The highest BCUT2D eigenvalue weighted by Crippen LogP contribution is 2.19. The van der Waals surface area contributed by atoms with Crippen molar-refractivity contribution in [3.63, 3.8) is 0 Å². The molecule has 0 saturated carbocycles. The Balaban J connectivity index is 1.66. The Morgan fingerprint density at radius 1 is 0.962 bits per heavy atom. The van der Waals surface area contributed by atoms with Crippen LogP contribution in [0.5, 0.6) is 0 Å². The van der Waals surface area contributed by atoms with Crippen molar-refractivity contribution in [1.29, 1.82) is 0 Å². The average Bonchev–Trinajstić information content (AvgIpc) is 2.60. The molecule has 3 aromatic rings. The topological polar surface area (TPSA) is 88.4 Å². The Bertz CT molecular complexity index is 1070. The zero-order chi connectivity index (χ0) is 18.7. The van der Waals surface area contributed by atoms with Crippen LogP contribution in [0.1, 0.15) is 19.4 Å². The summed E-state index contributed by atoms with van der Waals surface area (Å²) in [6.07, 6.45) is 0. The Morgan fingerprint density at radius 3 is 2.35 bits per heavy atom. The third-order valence-corrected chi connectivity index (χ3v) is 5.71. The molecule has 0 atom stereocenters. The van der Waals surface area contributed by atoms with Gasteiger partial charge in [0.25, 0.3) is 0 Å². The molecule has 0 aliphatic heterocycles. The first-order valence-electron chi connectivity index (χ1n) is 8.22. The first-order chi connectivity index (χ1) is 12.3. The molecule has 0 saturated heterocycles. The van der Waals surface area contributed by atoms with Gasteiger partial charge in [-0.3, -0.25) is 4.72 Å². The molecule has 26 heavy (non-hydrogen) atoms. The highest BCUT2D eigenvalue weighted by molar-refractivity contribution is 7.93. The van der Waals surface area contributed by atoms with Gasteiger partial charge in [-0.2, -0.15) is 0 Å². The lowest BCUT2D eigenvalue weighted by atomic mass is 10.2. The number of hydrogen-bond acceptors (Lipinski definition) is 5. The van der Waals surface area contributed by atoms with E-state index in [1.54, 1.807) is 38.1 Å². The molecule has 0 unspecified atom stereocenters. The van der Waals surface area contributed by atoms with Gasteiger partial charge in [0.05, 0.1) is 5.25 Å². The van der Waals surface area contributed by atoms with Crippen molar-refractivity contribution in [3.8, 4) is 0 Å². The van der Waals surface area contributed by atoms with Gasteiger partial charge in [-0.1, -0.05) is 12.1 Å². The third-order valence-electron chi connectivity index (χ3n) is 3.95. The van der Waals surface area contributed by atoms with E-state index < -0.39 is 15.3 Å². The normalized spacial score (nSPS) is 11.7. The Kier molecular flexibility index (Phi) is 4.99. The molecule has 0 aliphatic carbocycles. The van der Waals surface area contributed by atoms with Crippen LogP contribution < -0.4 is 15.7 Å². The second kappa shape index (κ2) is 7.21. The number of sulfonamides is 1. The van der Waals surface area contributed by atoms with Gasteiger partial charge in [0.15, 0.2) is 0 Å². The standard InChI is InChI=1S/C19H20N2O4S/c1-13(2)26(23,24)21-16-6-3-14(4-7-16)12-20-17-8-9-18-15(11-17)5-10-19(22)25-18/h3-11,13,20-21H,12H2,1-2H3. The largest absolute Gasteiger partial charge is 0.423 e. The van der Waals surface area contributed by atoms with Gasteiger partial charge in [-0.15, -0.1) is 0 Å². The molecule has 0 fully saturated rings. The summed E-state index contributed by atoms with van der Waals surface area (Å²) in [6.45, 7) is 3.85. The van der Waals surface area contributed by atoms with Crippen molar-refractivity contribution in [3.05, 3.63) is 70.6 Å². The molecule has 6 nitrogen and oxygen atoms in total. The van der Waals surface area contributed by atoms with Crippen LogP contribution in [0.3, 0.4) is 0 Å². The maximum Gasteiger partial charge on any atom is 0.336 e. The van der Waals surface area contributed by atoms with E-state index in [-0.39, 0.29) is 5.63 Å². The van der Waals surface area contributed by atoms with Gasteiger partial charge < -0.3 is 9.73 Å². The maximum atomic E-state index is 11.9. The van der Waals surface area contributed by atoms with Crippen LogP contribution in [0.15, 0.2) is 63.8 Å². The van der Waals surface area contributed by atoms with Crippen molar-refractivity contribution in [2.75, 3.05) is 10.0 Å². The van der Waals surface area contributed by atoms with Gasteiger partial charge in [-0.05, 0) is 55.8 Å². The van der Waals surface area contributed by atoms with Gasteiger partial charge in [0, 0.05) is 29.4 Å². The first-order valence-corrected chi connectivity index (χ1v) is 9.76. The molecular weight excluding hydrogens is 352 g/mol. The van der Waals surface area contributed by atoms with Gasteiger partial charge >= 0.3 is 5.63 Å². The van der Waals surface area contributed by atoms with Crippen molar-refractivity contribution in [2.24, 2.45) is 0 Å². The van der Waals surface area contributed by atoms with Crippen molar-refractivity contribution in [1.82, 2.24) is 0 Å². The van der Waals surface area contributed by atoms with E-state index in [2.05, 4.69) is 10.0 Å². The maximum absolute atomic E-state index is 11.9. The van der Waals surface area contributed by atoms with Gasteiger partial charge in [0.1, 0.15) is 5.58 Å². The van der Waals surface area contributed by atoms with E-state index in [1.807, 2.05) is 24.3 Å². The first kappa shape index (κ1) is 18.0. The highest BCUT2D eigenvalue weighted by Gasteiger charge is 2.15. The second-order valence-electron chi connectivity index (χ2n) is 6.25.